The Balaban J connectivity index is 1.85. The van der Waals surface area contributed by atoms with Crippen molar-refractivity contribution in [3.05, 3.63) is 95.3 Å². The molecule has 4 rings (SSSR count). The van der Waals surface area contributed by atoms with Gasteiger partial charge in [-0.1, -0.05) is 6.92 Å². The summed E-state index contributed by atoms with van der Waals surface area (Å²) in [7, 11) is 0. The predicted molar refractivity (Wildman–Crippen MR) is 118 cm³/mol. The molecule has 1 fully saturated rings. The lowest BCUT2D eigenvalue weighted by Gasteiger charge is -2.25. The topological polar surface area (TPSA) is 79.7 Å². The molecular weight excluding hydrogens is 430 g/mol. The number of amides is 1. The number of aliphatic hydroxyl groups excluding tert-OH is 1. The van der Waals surface area contributed by atoms with Crippen LogP contribution in [-0.4, -0.2) is 28.4 Å². The van der Waals surface area contributed by atoms with E-state index in [-0.39, 0.29) is 16.8 Å². The Bertz CT molecular complexity index is 1230. The molecule has 0 saturated carbocycles. The average molecular weight is 450 g/mol. The minimum absolute atomic E-state index is 0.211. The number of nitrogens with zero attached hydrogens (tertiary/aromatic N) is 2. The van der Waals surface area contributed by atoms with Crippen molar-refractivity contribution >= 4 is 23.1 Å². The van der Waals surface area contributed by atoms with Crippen molar-refractivity contribution in [1.82, 2.24) is 4.98 Å². The van der Waals surface area contributed by atoms with Crippen LogP contribution in [-0.2, 0) is 9.59 Å². The molecule has 33 heavy (non-hydrogen) atoms. The number of aromatic nitrogens is 1. The van der Waals surface area contributed by atoms with Gasteiger partial charge in [0.15, 0.2) is 0 Å². The van der Waals surface area contributed by atoms with Gasteiger partial charge in [0.1, 0.15) is 23.1 Å². The summed E-state index contributed by atoms with van der Waals surface area (Å²) in [6.07, 6.45) is 3.74. The highest BCUT2D eigenvalue weighted by molar-refractivity contribution is 6.51. The Morgan fingerprint density at radius 2 is 1.76 bits per heavy atom. The van der Waals surface area contributed by atoms with E-state index in [0.717, 1.165) is 23.5 Å². The van der Waals surface area contributed by atoms with Crippen LogP contribution in [0.1, 0.15) is 30.5 Å². The fourth-order valence-electron chi connectivity index (χ4n) is 3.70. The molecule has 0 radical (unpaired) electrons. The molecule has 3 aromatic rings. The number of carbonyl (C=O) groups excluding carboxylic acids is 2. The second-order valence-electron chi connectivity index (χ2n) is 7.42. The molecule has 1 atom stereocenters. The Labute approximate surface area is 188 Å². The summed E-state index contributed by atoms with van der Waals surface area (Å²) in [6, 6.07) is 11.1. The van der Waals surface area contributed by atoms with Crippen molar-refractivity contribution in [1.29, 1.82) is 0 Å². The minimum Gasteiger partial charge on any atom is -0.507 e. The molecule has 0 spiro atoms. The molecule has 0 bridgehead atoms. The number of hydrogen-bond donors (Lipinski definition) is 1. The van der Waals surface area contributed by atoms with Gasteiger partial charge in [0.2, 0.25) is 0 Å². The smallest absolute Gasteiger partial charge is 0.300 e. The highest BCUT2D eigenvalue weighted by atomic mass is 19.1. The zero-order chi connectivity index (χ0) is 23.5. The Morgan fingerprint density at radius 1 is 1.06 bits per heavy atom. The molecule has 0 aliphatic carbocycles. The summed E-state index contributed by atoms with van der Waals surface area (Å²) < 4.78 is 33.7. The second-order valence-corrected chi connectivity index (χ2v) is 7.42. The number of carbonyl (C=O) groups is 2. The summed E-state index contributed by atoms with van der Waals surface area (Å²) in [4.78, 5) is 30.9. The Morgan fingerprint density at radius 3 is 2.39 bits per heavy atom. The van der Waals surface area contributed by atoms with Crippen molar-refractivity contribution in [2.24, 2.45) is 0 Å². The third-order valence-corrected chi connectivity index (χ3v) is 5.24. The molecule has 6 nitrogen and oxygen atoms in total. The summed E-state index contributed by atoms with van der Waals surface area (Å²) >= 11 is 0. The van der Waals surface area contributed by atoms with Gasteiger partial charge in [-0.05, 0) is 60.5 Å². The third kappa shape index (κ3) is 4.19. The largest absolute Gasteiger partial charge is 0.507 e. The zero-order valence-electron chi connectivity index (χ0n) is 17.7. The van der Waals surface area contributed by atoms with Crippen molar-refractivity contribution < 1.29 is 28.2 Å². The minimum atomic E-state index is -1.14. The standard InChI is InChI=1S/C25H20F2N2O4/c1-2-13-33-18-6-3-16(4-7-18)23(30)21-22(15-9-11-28-12-10-15)29(25(32)24(21)31)20-8-5-17(26)14-19(20)27/h3-12,14,22,30H,2,13H2,1H3/b23-21+. The van der Waals surface area contributed by atoms with E-state index in [1.165, 1.54) is 12.4 Å². The third-order valence-electron chi connectivity index (χ3n) is 5.24. The maximum Gasteiger partial charge on any atom is 0.300 e. The number of anilines is 1. The van der Waals surface area contributed by atoms with Gasteiger partial charge in [-0.25, -0.2) is 8.78 Å². The van der Waals surface area contributed by atoms with Gasteiger partial charge < -0.3 is 9.84 Å². The first-order chi connectivity index (χ1) is 15.9. The average Bonchev–Trinajstić information content (AvgIpc) is 3.08. The molecule has 2 aromatic carbocycles. The number of pyridine rings is 1. The van der Waals surface area contributed by atoms with E-state index in [1.54, 1.807) is 36.4 Å². The normalized spacial score (nSPS) is 17.4. The number of aliphatic hydroxyl groups is 1. The molecule has 1 N–H and O–H groups in total. The molecule has 8 heteroatoms. The van der Waals surface area contributed by atoms with E-state index in [0.29, 0.717) is 24.0 Å². The molecule has 2 heterocycles. The second kappa shape index (κ2) is 9.20. The number of ketones is 1. The molecule has 168 valence electrons. The highest BCUT2D eigenvalue weighted by Crippen LogP contribution is 2.42. The van der Waals surface area contributed by atoms with Gasteiger partial charge in [0, 0.05) is 24.0 Å². The first kappa shape index (κ1) is 22.1. The van der Waals surface area contributed by atoms with E-state index < -0.39 is 35.1 Å². The van der Waals surface area contributed by atoms with Crippen LogP contribution >= 0.6 is 0 Å². The van der Waals surface area contributed by atoms with Gasteiger partial charge in [0.25, 0.3) is 11.7 Å². The van der Waals surface area contributed by atoms with Crippen LogP contribution in [0.15, 0.2) is 72.6 Å². The quantitative estimate of drug-likeness (QED) is 0.332. The van der Waals surface area contributed by atoms with E-state index in [2.05, 4.69) is 4.98 Å². The summed E-state index contributed by atoms with van der Waals surface area (Å²) in [5.41, 5.74) is 0.229. The van der Waals surface area contributed by atoms with Crippen molar-refractivity contribution in [3.8, 4) is 5.75 Å². The van der Waals surface area contributed by atoms with Gasteiger partial charge in [-0.15, -0.1) is 0 Å². The maximum absolute atomic E-state index is 14.6. The number of halogens is 2. The van der Waals surface area contributed by atoms with Crippen LogP contribution in [0.4, 0.5) is 14.5 Å². The molecule has 1 aromatic heterocycles. The molecule has 1 aliphatic rings. The lowest BCUT2D eigenvalue weighted by atomic mass is 9.95. The van der Waals surface area contributed by atoms with Crippen LogP contribution in [0, 0.1) is 11.6 Å². The van der Waals surface area contributed by atoms with E-state index in [9.17, 15) is 23.5 Å². The van der Waals surface area contributed by atoms with E-state index in [1.807, 2.05) is 6.92 Å². The summed E-state index contributed by atoms with van der Waals surface area (Å²) in [5, 5.41) is 11.1. The van der Waals surface area contributed by atoms with E-state index >= 15 is 0 Å². The van der Waals surface area contributed by atoms with Gasteiger partial charge >= 0.3 is 0 Å². The number of ether oxygens (including phenoxy) is 1. The first-order valence-electron chi connectivity index (χ1n) is 10.3. The highest BCUT2D eigenvalue weighted by Gasteiger charge is 2.47. The van der Waals surface area contributed by atoms with Gasteiger partial charge in [-0.2, -0.15) is 0 Å². The van der Waals surface area contributed by atoms with Gasteiger partial charge in [-0.3, -0.25) is 19.5 Å². The van der Waals surface area contributed by atoms with Crippen LogP contribution in [0.3, 0.4) is 0 Å². The van der Waals surface area contributed by atoms with Crippen molar-refractivity contribution in [2.45, 2.75) is 19.4 Å². The van der Waals surface area contributed by atoms with Crippen molar-refractivity contribution in [2.75, 3.05) is 11.5 Å². The predicted octanol–water partition coefficient (Wildman–Crippen LogP) is 4.77. The van der Waals surface area contributed by atoms with Crippen LogP contribution in [0.25, 0.3) is 5.76 Å². The van der Waals surface area contributed by atoms with Crippen molar-refractivity contribution in [3.63, 3.8) is 0 Å². The lowest BCUT2D eigenvalue weighted by molar-refractivity contribution is -0.132. The molecular formula is C25H20F2N2O4. The Kier molecular flexibility index (Phi) is 6.17. The number of benzene rings is 2. The maximum atomic E-state index is 14.6. The van der Waals surface area contributed by atoms with Crippen LogP contribution < -0.4 is 9.64 Å². The molecule has 1 amide bonds. The SMILES string of the molecule is CCCOc1ccc(/C(O)=C2\C(=O)C(=O)N(c3ccc(F)cc3F)C2c2ccncc2)cc1. The monoisotopic (exact) mass is 450 g/mol. The first-order valence-corrected chi connectivity index (χ1v) is 10.3. The Hall–Kier alpha value is -4.07. The number of rotatable bonds is 6. The lowest BCUT2D eigenvalue weighted by Crippen LogP contribution is -2.30. The van der Waals surface area contributed by atoms with Crippen LogP contribution in [0.2, 0.25) is 0 Å². The van der Waals surface area contributed by atoms with E-state index in [4.69, 9.17) is 4.74 Å². The molecule has 1 aliphatic heterocycles. The van der Waals surface area contributed by atoms with Gasteiger partial charge in [0.05, 0.1) is 23.9 Å². The molecule has 1 saturated heterocycles. The zero-order valence-corrected chi connectivity index (χ0v) is 17.7. The van der Waals surface area contributed by atoms with Crippen LogP contribution in [0.5, 0.6) is 5.75 Å². The summed E-state index contributed by atoms with van der Waals surface area (Å²) in [5.74, 6) is -3.67. The number of Topliss-reactive ketones (excluding diaryl/α,β-unsaturated/α-hetero) is 1. The number of hydrogen-bond acceptors (Lipinski definition) is 5. The molecule has 1 unspecified atom stereocenters. The fraction of sp³-hybridized carbons (Fsp3) is 0.160. The summed E-state index contributed by atoms with van der Waals surface area (Å²) in [6.45, 7) is 2.50. The fourth-order valence-corrected chi connectivity index (χ4v) is 3.70.